The Kier molecular flexibility index (Phi) is 33.5. The number of sulfonamides is 3. The van der Waals surface area contributed by atoms with Crippen LogP contribution in [-0.2, 0) is 87.7 Å². The van der Waals surface area contributed by atoms with E-state index in [1.54, 1.807) is 39.8 Å². The minimum atomic E-state index is -5.54. The molecular weight excluding hydrogens is 1850 g/mol. The van der Waals surface area contributed by atoms with Crippen molar-refractivity contribution in [1.29, 1.82) is 21.6 Å². The molecule has 4 heterocycles. The Hall–Kier alpha value is -14.3. The zero-order valence-corrected chi connectivity index (χ0v) is 83.9. The van der Waals surface area contributed by atoms with Gasteiger partial charge in [0.15, 0.2) is 0 Å². The van der Waals surface area contributed by atoms with E-state index in [1.165, 1.54) is 33.4 Å². The van der Waals surface area contributed by atoms with Crippen LogP contribution in [0.4, 0.5) is 18.0 Å². The number of aryl methyl sites for hydroxylation is 8. The second-order valence-corrected chi connectivity index (χ2v) is 42.8. The van der Waals surface area contributed by atoms with Crippen LogP contribution in [0.5, 0.6) is 0 Å². The highest BCUT2D eigenvalue weighted by atomic mass is 32.2. The molecule has 17 rings (SSSR count). The standard InChI is InChI=1S/C32H34N4O2S.C28H34N4O2S.C26H27F3N4O2S.C26H28N4O2/c1-24-12-16-26(17-13-24)20-29(21-34-39(37,38)23-28-8-4-3-5-9-28)36-31-11-7-6-10-30(31)35(32(36)33)22-27-18-14-25(2)15-19-27;1-20(2)35(33,34)30-18-25(17-23-13-9-21(3)10-14-23)32-27-8-6-5-7-26(27)31(28(32)29)19-24-15-11-22(4)12-16-24;1-18-7-11-20(12-8-18)15-22(16-31-36(34,35)26(27,28)29)33-24-6-4-3-5-23(24)32(25(33)30)17-21-13-9-19(2)10-14-21;1-18-7-11-20(12-8-18)15-22(16-28-26(31)32)30-24-6-4-3-5-23(24)29(25(30)27)17-21-13-9-19(2)10-14-21/h3-19,29,33-34H,20-23H2,1-2H3;5-16,20,25,29-30H,17-19H2,1-4H3;3-14,22,30-31H,15-17H2,1-2H3;3-14,22,27-28H,15-17H2,1-2H3,(H,31,32). The SMILES string of the molecule is Cc1ccc(CC(CNC(=O)O)n2c(=N)n(Cc3ccc(C)cc3)c3ccccc32)cc1.Cc1ccc(CC(CNS(=O)(=O)C(C)C)n2c(=N)n(Cc3ccc(C)cc3)c3ccccc32)cc1.Cc1ccc(CC(CNS(=O)(=O)C(F)(F)F)n2c(=N)n(Cc3ccc(C)cc3)c3ccccc32)cc1.Cc1ccc(CC(CNS(=O)(=O)Cc2ccccc2)n2c(=N)n(Cc3ccc(C)cc3)c3ccccc32)cc1. The molecule has 17 aromatic rings. The number of alkyl halides is 3. The maximum absolute atomic E-state index is 13.1. The molecule has 0 fully saturated rings. The van der Waals surface area contributed by atoms with Crippen molar-refractivity contribution < 1.29 is 48.3 Å². The third-order valence-corrected chi connectivity index (χ3v) is 29.8. The van der Waals surface area contributed by atoms with E-state index >= 15 is 0 Å². The molecule has 142 heavy (non-hydrogen) atoms. The van der Waals surface area contributed by atoms with Crippen LogP contribution in [-0.4, -0.2) is 110 Å². The van der Waals surface area contributed by atoms with Gasteiger partial charge in [-0.15, -0.1) is 0 Å². The van der Waals surface area contributed by atoms with Crippen molar-refractivity contribution in [2.45, 2.75) is 162 Å². The number of nitrogens with zero attached hydrogens (tertiary/aromatic N) is 8. The van der Waals surface area contributed by atoms with Gasteiger partial charge >= 0.3 is 21.6 Å². The van der Waals surface area contributed by atoms with Gasteiger partial charge in [0.25, 0.3) is 0 Å². The fraction of sp³-hybridized carbons (Fsp3) is 0.259. The van der Waals surface area contributed by atoms with E-state index in [0.29, 0.717) is 67.8 Å². The Morgan fingerprint density at radius 1 is 0.296 bits per heavy atom. The van der Waals surface area contributed by atoms with Crippen molar-refractivity contribution in [3.63, 3.8) is 0 Å². The molecule has 0 aliphatic heterocycles. The first-order valence-corrected chi connectivity index (χ1v) is 52.0. The number of benzene rings is 13. The lowest BCUT2D eigenvalue weighted by Crippen LogP contribution is -2.41. The van der Waals surface area contributed by atoms with Gasteiger partial charge in [0.1, 0.15) is 0 Å². The summed E-state index contributed by atoms with van der Waals surface area (Å²) in [5.74, 6) is -0.0846. The number of rotatable bonds is 34. The van der Waals surface area contributed by atoms with Crippen molar-refractivity contribution in [1.82, 2.24) is 56.0 Å². The number of carboxylic acid groups (broad SMARTS) is 1. The first-order valence-electron chi connectivity index (χ1n) is 47.3. The maximum atomic E-state index is 13.1. The predicted molar refractivity (Wildman–Crippen MR) is 558 cm³/mol. The molecule has 13 aromatic carbocycles. The van der Waals surface area contributed by atoms with Gasteiger partial charge in [-0.2, -0.15) is 13.2 Å². The third kappa shape index (κ3) is 26.3. The molecule has 0 spiro atoms. The highest BCUT2D eigenvalue weighted by molar-refractivity contribution is 7.90. The molecular formula is C112H123F3N16O8S3. The smallest absolute Gasteiger partial charge is 0.465 e. The Bertz CT molecular complexity index is 7850. The molecule has 4 aromatic heterocycles. The zero-order chi connectivity index (χ0) is 101. The Labute approximate surface area is 827 Å². The van der Waals surface area contributed by atoms with Gasteiger partial charge in [0.2, 0.25) is 42.5 Å². The summed E-state index contributed by atoms with van der Waals surface area (Å²) in [4.78, 5) is 11.3. The van der Waals surface area contributed by atoms with Gasteiger partial charge in [-0.3, -0.25) is 21.6 Å². The van der Waals surface area contributed by atoms with Gasteiger partial charge in [0, 0.05) is 26.2 Å². The summed E-state index contributed by atoms with van der Waals surface area (Å²) in [5.41, 5.74) is 21.1. The van der Waals surface area contributed by atoms with Crippen molar-refractivity contribution in [2.24, 2.45) is 0 Å². The Morgan fingerprint density at radius 2 is 0.514 bits per heavy atom. The largest absolute Gasteiger partial charge is 0.511 e. The van der Waals surface area contributed by atoms with Gasteiger partial charge in [-0.05, 0) is 194 Å². The van der Waals surface area contributed by atoms with Crippen LogP contribution in [0.2, 0.25) is 0 Å². The van der Waals surface area contributed by atoms with Crippen LogP contribution in [0, 0.1) is 77.0 Å². The van der Waals surface area contributed by atoms with E-state index in [-0.39, 0.29) is 55.6 Å². The fourth-order valence-electron chi connectivity index (χ4n) is 17.6. The molecule has 0 aliphatic carbocycles. The van der Waals surface area contributed by atoms with Crippen LogP contribution in [0.15, 0.2) is 322 Å². The fourth-order valence-corrected chi connectivity index (χ4v) is 20.1. The van der Waals surface area contributed by atoms with E-state index < -0.39 is 59.5 Å². The van der Waals surface area contributed by atoms with Gasteiger partial charge < -0.3 is 47.0 Å². The topological polar surface area (TPSA) is 323 Å². The van der Waals surface area contributed by atoms with Crippen molar-refractivity contribution >= 4 is 80.3 Å². The summed E-state index contributed by atoms with van der Waals surface area (Å²) in [6.45, 7) is 21.8. The number of fused-ring (bicyclic) bond motifs is 4. The van der Waals surface area contributed by atoms with Crippen LogP contribution < -0.4 is 42.0 Å². The third-order valence-electron chi connectivity index (χ3n) is 25.5. The number of hydrogen-bond donors (Lipinski definition) is 9. The molecule has 4 atom stereocenters. The molecule has 30 heteroatoms. The highest BCUT2D eigenvalue weighted by Crippen LogP contribution is 2.31. The second-order valence-electron chi connectivity index (χ2n) is 36.9. The number of aromatic nitrogens is 8. The maximum Gasteiger partial charge on any atom is 0.511 e. The van der Waals surface area contributed by atoms with E-state index in [9.17, 15) is 53.7 Å². The number of hydrogen-bond acceptors (Lipinski definition) is 11. The molecule has 0 radical (unpaired) electrons. The molecule has 0 aliphatic rings. The normalized spacial score (nSPS) is 12.7. The highest BCUT2D eigenvalue weighted by Gasteiger charge is 2.46. The molecule has 0 saturated carbocycles. The van der Waals surface area contributed by atoms with Crippen LogP contribution in [0.25, 0.3) is 44.1 Å². The molecule has 24 nitrogen and oxygen atoms in total. The minimum absolute atomic E-state index is 0.0695. The van der Waals surface area contributed by atoms with E-state index in [2.05, 4.69) is 181 Å². The molecule has 0 bridgehead atoms. The molecule has 9 N–H and O–H groups in total. The zero-order valence-electron chi connectivity index (χ0n) is 81.4. The minimum Gasteiger partial charge on any atom is -0.465 e. The molecule has 1 amide bonds. The Morgan fingerprint density at radius 3 is 0.754 bits per heavy atom. The summed E-state index contributed by atoms with van der Waals surface area (Å²) < 4.78 is 137. The summed E-state index contributed by atoms with van der Waals surface area (Å²) in [6, 6.07) is 104. The van der Waals surface area contributed by atoms with Crippen molar-refractivity contribution in [3.05, 3.63) is 439 Å². The number of halogens is 3. The Balaban J connectivity index is 0.000000151. The molecule has 0 saturated heterocycles. The average Bonchev–Trinajstić information content (AvgIpc) is 1.62. The summed E-state index contributed by atoms with van der Waals surface area (Å²) in [6.07, 6.45) is 0.986. The van der Waals surface area contributed by atoms with Crippen molar-refractivity contribution in [2.75, 3.05) is 26.2 Å². The first kappa shape index (κ1) is 104. The number of nitrogens with one attached hydrogen (secondary N) is 8. The average molecular weight is 1970 g/mol. The molecule has 4 unspecified atom stereocenters. The summed E-state index contributed by atoms with van der Waals surface area (Å²) in [5, 5.41) is 47.7. The number of para-hydroxylation sites is 8. The van der Waals surface area contributed by atoms with Crippen LogP contribution in [0.1, 0.15) is 133 Å². The monoisotopic (exact) mass is 1970 g/mol. The lowest BCUT2D eigenvalue weighted by molar-refractivity contribution is -0.0448. The predicted octanol–water partition coefficient (Wildman–Crippen LogP) is 19.6. The number of amides is 1. The van der Waals surface area contributed by atoms with Gasteiger partial charge in [-0.1, -0.05) is 317 Å². The summed E-state index contributed by atoms with van der Waals surface area (Å²) in [7, 11) is -12.6. The number of carbonyl (C=O) groups is 1. The number of imidazole rings is 4. The van der Waals surface area contributed by atoms with E-state index in [4.69, 9.17) is 16.2 Å². The summed E-state index contributed by atoms with van der Waals surface area (Å²) >= 11 is 0. The first-order chi connectivity index (χ1) is 67.8. The van der Waals surface area contributed by atoms with Crippen molar-refractivity contribution in [3.8, 4) is 0 Å². The van der Waals surface area contributed by atoms with Crippen LogP contribution in [0.3, 0.4) is 0 Å². The van der Waals surface area contributed by atoms with E-state index in [1.807, 2.05) is 226 Å². The van der Waals surface area contributed by atoms with Gasteiger partial charge in [-0.25, -0.2) is 44.2 Å². The lowest BCUT2D eigenvalue weighted by Gasteiger charge is -2.21. The lowest BCUT2D eigenvalue weighted by atomic mass is 10.0. The second kappa shape index (κ2) is 46.0. The molecule has 738 valence electrons. The van der Waals surface area contributed by atoms with E-state index in [0.717, 1.165) is 99.8 Å². The van der Waals surface area contributed by atoms with Crippen LogP contribution >= 0.6 is 0 Å². The van der Waals surface area contributed by atoms with Gasteiger partial charge in [0.05, 0.1) is 105 Å². The quantitative estimate of drug-likeness (QED) is 0.0186.